The molecule has 5 heteroatoms. The third-order valence-corrected chi connectivity index (χ3v) is 3.21. The van der Waals surface area contributed by atoms with E-state index in [9.17, 15) is 9.90 Å². The van der Waals surface area contributed by atoms with Crippen molar-refractivity contribution in [2.75, 3.05) is 18.1 Å². The minimum atomic E-state index is -0.582. The zero-order valence-corrected chi connectivity index (χ0v) is 11.1. The summed E-state index contributed by atoms with van der Waals surface area (Å²) in [5.74, 6) is -0.178. The summed E-state index contributed by atoms with van der Waals surface area (Å²) in [6, 6.07) is 8.50. The molecular formula is C14H17N3O2. The molecule has 1 unspecified atom stereocenters. The van der Waals surface area contributed by atoms with Gasteiger partial charge in [-0.3, -0.25) is 4.79 Å². The third-order valence-electron chi connectivity index (χ3n) is 3.21. The number of nitrogens with one attached hydrogen (secondary N) is 1. The lowest BCUT2D eigenvalue weighted by Gasteiger charge is -2.44. The van der Waals surface area contributed by atoms with Crippen LogP contribution in [0.15, 0.2) is 24.3 Å². The predicted octanol–water partition coefficient (Wildman–Crippen LogP) is 0.634. The molecule has 0 saturated carbocycles. The van der Waals surface area contributed by atoms with Crippen LogP contribution in [0.4, 0.5) is 5.69 Å². The molecule has 2 N–H and O–H groups in total. The number of nitriles is 1. The second-order valence-corrected chi connectivity index (χ2v) is 5.36. The topological polar surface area (TPSA) is 76.4 Å². The summed E-state index contributed by atoms with van der Waals surface area (Å²) in [6.45, 7) is 4.25. The summed E-state index contributed by atoms with van der Waals surface area (Å²) in [7, 11) is 0. The number of piperazine rings is 1. The fourth-order valence-electron chi connectivity index (χ4n) is 2.31. The van der Waals surface area contributed by atoms with Gasteiger partial charge >= 0.3 is 0 Å². The monoisotopic (exact) mass is 259 g/mol. The van der Waals surface area contributed by atoms with Crippen molar-refractivity contribution >= 4 is 11.6 Å². The van der Waals surface area contributed by atoms with E-state index in [0.717, 1.165) is 5.69 Å². The minimum absolute atomic E-state index is 0.178. The van der Waals surface area contributed by atoms with E-state index in [1.165, 1.54) is 0 Å². The Bertz CT molecular complexity index is 516. The van der Waals surface area contributed by atoms with E-state index in [4.69, 9.17) is 5.26 Å². The molecule has 5 nitrogen and oxygen atoms in total. The van der Waals surface area contributed by atoms with E-state index < -0.39 is 6.04 Å². The van der Waals surface area contributed by atoms with E-state index in [2.05, 4.69) is 11.4 Å². The predicted molar refractivity (Wildman–Crippen MR) is 71.6 cm³/mol. The molecule has 1 atom stereocenters. The van der Waals surface area contributed by atoms with Crippen LogP contribution in [0.2, 0.25) is 0 Å². The smallest absolute Gasteiger partial charge is 0.245 e. The number of carbonyl (C=O) groups is 1. The lowest BCUT2D eigenvalue weighted by molar-refractivity contribution is -0.126. The molecule has 1 aromatic carbocycles. The van der Waals surface area contributed by atoms with Crippen molar-refractivity contribution in [1.82, 2.24) is 5.32 Å². The number of amides is 1. The lowest BCUT2D eigenvalue weighted by atomic mass is 9.97. The van der Waals surface area contributed by atoms with E-state index in [-0.39, 0.29) is 18.1 Å². The maximum atomic E-state index is 12.0. The summed E-state index contributed by atoms with van der Waals surface area (Å²) < 4.78 is 0. The Morgan fingerprint density at radius 2 is 2.11 bits per heavy atom. The number of aliphatic hydroxyl groups excluding tert-OH is 1. The maximum absolute atomic E-state index is 12.0. The summed E-state index contributed by atoms with van der Waals surface area (Å²) >= 11 is 0. The van der Waals surface area contributed by atoms with E-state index in [1.807, 2.05) is 18.7 Å². The Morgan fingerprint density at radius 1 is 1.47 bits per heavy atom. The second-order valence-electron chi connectivity index (χ2n) is 5.36. The molecule has 100 valence electrons. The third kappa shape index (κ3) is 2.69. The number of hydrogen-bond donors (Lipinski definition) is 2. The molecule has 1 aliphatic heterocycles. The first kappa shape index (κ1) is 13.4. The average Bonchev–Trinajstić information content (AvgIpc) is 2.37. The van der Waals surface area contributed by atoms with Gasteiger partial charge in [-0.25, -0.2) is 0 Å². The van der Waals surface area contributed by atoms with Crippen LogP contribution >= 0.6 is 0 Å². The molecule has 1 fully saturated rings. The van der Waals surface area contributed by atoms with Gasteiger partial charge in [-0.05, 0) is 38.1 Å². The molecule has 0 aliphatic carbocycles. The number of anilines is 1. The zero-order valence-electron chi connectivity index (χ0n) is 11.1. The second kappa shape index (κ2) is 4.90. The highest BCUT2D eigenvalue weighted by Gasteiger charge is 2.38. The fraction of sp³-hybridized carbons (Fsp3) is 0.429. The SMILES string of the molecule is CC1(C)CN(c2ccc(C#N)cc2)C(CO)C(=O)N1. The Balaban J connectivity index is 2.33. The van der Waals surface area contributed by atoms with Gasteiger partial charge in [0.2, 0.25) is 5.91 Å². The highest BCUT2D eigenvalue weighted by molar-refractivity contribution is 5.87. The highest BCUT2D eigenvalue weighted by Crippen LogP contribution is 2.24. The molecule has 1 aromatic rings. The first-order valence-corrected chi connectivity index (χ1v) is 6.16. The standard InChI is InChI=1S/C14H17N3O2/c1-14(2)9-17(12(8-18)13(19)16-14)11-5-3-10(7-15)4-6-11/h3-6,12,18H,8-9H2,1-2H3,(H,16,19). The largest absolute Gasteiger partial charge is 0.394 e. The van der Waals surface area contributed by atoms with Gasteiger partial charge in [-0.1, -0.05) is 0 Å². The molecule has 0 radical (unpaired) electrons. The van der Waals surface area contributed by atoms with Crippen LogP contribution in [-0.4, -0.2) is 35.7 Å². The summed E-state index contributed by atoms with van der Waals surface area (Å²) in [5.41, 5.74) is 1.06. The molecule has 19 heavy (non-hydrogen) atoms. The minimum Gasteiger partial charge on any atom is -0.394 e. The normalized spacial score (nSPS) is 21.7. The fourth-order valence-corrected chi connectivity index (χ4v) is 2.31. The average molecular weight is 259 g/mol. The summed E-state index contributed by atoms with van der Waals surface area (Å²) in [4.78, 5) is 13.9. The van der Waals surface area contributed by atoms with Gasteiger partial charge in [0.1, 0.15) is 6.04 Å². The Kier molecular flexibility index (Phi) is 3.45. The van der Waals surface area contributed by atoms with Crippen molar-refractivity contribution in [2.45, 2.75) is 25.4 Å². The van der Waals surface area contributed by atoms with E-state index >= 15 is 0 Å². The Labute approximate surface area is 112 Å². The molecule has 0 bridgehead atoms. The molecule has 0 aromatic heterocycles. The first-order valence-electron chi connectivity index (χ1n) is 6.16. The molecule has 0 spiro atoms. The van der Waals surface area contributed by atoms with Gasteiger partial charge in [0, 0.05) is 12.2 Å². The molecule has 1 aliphatic rings. The molecule has 1 heterocycles. The van der Waals surface area contributed by atoms with Gasteiger partial charge in [0.15, 0.2) is 0 Å². The molecular weight excluding hydrogens is 242 g/mol. The quantitative estimate of drug-likeness (QED) is 0.817. The number of aliphatic hydroxyl groups is 1. The number of carbonyl (C=O) groups excluding carboxylic acids is 1. The number of rotatable bonds is 2. The molecule has 1 amide bonds. The van der Waals surface area contributed by atoms with Gasteiger partial charge < -0.3 is 15.3 Å². The van der Waals surface area contributed by atoms with Gasteiger partial charge in [0.05, 0.1) is 23.8 Å². The summed E-state index contributed by atoms with van der Waals surface area (Å²) in [6.07, 6.45) is 0. The first-order chi connectivity index (χ1) is 8.96. The van der Waals surface area contributed by atoms with Crippen molar-refractivity contribution in [3.63, 3.8) is 0 Å². The van der Waals surface area contributed by atoms with Crippen molar-refractivity contribution < 1.29 is 9.90 Å². The van der Waals surface area contributed by atoms with Crippen molar-refractivity contribution in [1.29, 1.82) is 5.26 Å². The van der Waals surface area contributed by atoms with Crippen molar-refractivity contribution in [2.24, 2.45) is 0 Å². The Morgan fingerprint density at radius 3 is 2.63 bits per heavy atom. The van der Waals surface area contributed by atoms with Crippen LogP contribution in [-0.2, 0) is 4.79 Å². The van der Waals surface area contributed by atoms with Crippen LogP contribution in [0.25, 0.3) is 0 Å². The maximum Gasteiger partial charge on any atom is 0.245 e. The van der Waals surface area contributed by atoms with Crippen LogP contribution in [0, 0.1) is 11.3 Å². The van der Waals surface area contributed by atoms with Crippen LogP contribution in [0.1, 0.15) is 19.4 Å². The Hall–Kier alpha value is -2.06. The highest BCUT2D eigenvalue weighted by atomic mass is 16.3. The molecule has 1 saturated heterocycles. The van der Waals surface area contributed by atoms with E-state index in [0.29, 0.717) is 12.1 Å². The van der Waals surface area contributed by atoms with Crippen molar-refractivity contribution in [3.05, 3.63) is 29.8 Å². The lowest BCUT2D eigenvalue weighted by Crippen LogP contribution is -2.66. The van der Waals surface area contributed by atoms with Crippen molar-refractivity contribution in [3.8, 4) is 6.07 Å². The van der Waals surface area contributed by atoms with E-state index in [1.54, 1.807) is 24.3 Å². The van der Waals surface area contributed by atoms with Crippen LogP contribution in [0.3, 0.4) is 0 Å². The number of nitrogens with zero attached hydrogens (tertiary/aromatic N) is 2. The van der Waals surface area contributed by atoms with Gasteiger partial charge in [0.25, 0.3) is 0 Å². The zero-order chi connectivity index (χ0) is 14.0. The summed E-state index contributed by atoms with van der Waals surface area (Å²) in [5, 5.41) is 21.1. The number of benzene rings is 1. The van der Waals surface area contributed by atoms with Gasteiger partial charge in [-0.2, -0.15) is 5.26 Å². The van der Waals surface area contributed by atoms with Crippen LogP contribution in [0.5, 0.6) is 0 Å². The van der Waals surface area contributed by atoms with Crippen LogP contribution < -0.4 is 10.2 Å². The number of hydrogen-bond acceptors (Lipinski definition) is 4. The van der Waals surface area contributed by atoms with Gasteiger partial charge in [-0.15, -0.1) is 0 Å². The molecule has 2 rings (SSSR count).